The third-order valence-corrected chi connectivity index (χ3v) is 2.82. The third-order valence-electron chi connectivity index (χ3n) is 2.82. The normalized spacial score (nSPS) is 14.6. The van der Waals surface area contributed by atoms with E-state index in [1.807, 2.05) is 0 Å². The molecule has 0 aliphatic carbocycles. The number of hydrogen-bond donors (Lipinski definition) is 0. The smallest absolute Gasteiger partial charge is 0.303 e. The Morgan fingerprint density at radius 3 is 1.48 bits per heavy atom. The molecule has 0 saturated heterocycles. The first-order chi connectivity index (χ1) is 12.5. The van der Waals surface area contributed by atoms with Crippen LogP contribution in [0.1, 0.15) is 34.6 Å². The Bertz CT molecular complexity index is 583. The fourth-order valence-corrected chi connectivity index (χ4v) is 2.03. The summed E-state index contributed by atoms with van der Waals surface area (Å²) in [4.78, 5) is 68.0. The molecule has 0 heterocycles. The van der Waals surface area contributed by atoms with E-state index in [0.29, 0.717) is 0 Å². The number of ether oxygens (including phenoxy) is 5. The highest BCUT2D eigenvalue weighted by atomic mass is 16.6. The van der Waals surface area contributed by atoms with Crippen LogP contribution in [0.15, 0.2) is 0 Å². The van der Waals surface area contributed by atoms with Crippen LogP contribution < -0.4 is 0 Å². The van der Waals surface area contributed by atoms with Crippen LogP contribution in [0.25, 0.3) is 0 Å². The number of carbonyl (C=O) groups is 6. The van der Waals surface area contributed by atoms with Gasteiger partial charge in [0, 0.05) is 34.6 Å². The van der Waals surface area contributed by atoms with Gasteiger partial charge in [0.1, 0.15) is 6.61 Å². The van der Waals surface area contributed by atoms with Gasteiger partial charge >= 0.3 is 29.8 Å². The Morgan fingerprint density at radius 2 is 1.11 bits per heavy atom. The fraction of sp³-hybridized carbons (Fsp3) is 0.625. The lowest BCUT2D eigenvalue weighted by Gasteiger charge is -2.33. The van der Waals surface area contributed by atoms with Crippen molar-refractivity contribution in [1.82, 2.24) is 0 Å². The molecule has 0 aliphatic heterocycles. The van der Waals surface area contributed by atoms with E-state index in [0.717, 1.165) is 34.6 Å². The minimum absolute atomic E-state index is 0.155. The number of carbonyl (C=O) groups excluding carboxylic acids is 6. The topological polar surface area (TPSA) is 149 Å². The number of esters is 5. The van der Waals surface area contributed by atoms with Gasteiger partial charge in [-0.15, -0.1) is 0 Å². The SMILES string of the molecule is CC(=O)OCC(OC(C)=O)C(OC(C)=O)C(OC(C)=O)C(C=O)OC(C)=O. The van der Waals surface area contributed by atoms with E-state index in [4.69, 9.17) is 23.7 Å². The maximum Gasteiger partial charge on any atom is 0.303 e. The van der Waals surface area contributed by atoms with Crippen molar-refractivity contribution in [3.05, 3.63) is 0 Å². The summed E-state index contributed by atoms with van der Waals surface area (Å²) < 4.78 is 24.6. The summed E-state index contributed by atoms with van der Waals surface area (Å²) >= 11 is 0. The molecule has 152 valence electrons. The zero-order valence-corrected chi connectivity index (χ0v) is 15.6. The molecule has 0 aromatic carbocycles. The molecule has 11 nitrogen and oxygen atoms in total. The Hall–Kier alpha value is -2.98. The summed E-state index contributed by atoms with van der Waals surface area (Å²) in [5.41, 5.74) is 0. The van der Waals surface area contributed by atoms with E-state index in [2.05, 4.69) is 0 Å². The molecule has 0 aromatic heterocycles. The lowest BCUT2D eigenvalue weighted by Crippen LogP contribution is -2.53. The van der Waals surface area contributed by atoms with Crippen LogP contribution in [0, 0.1) is 0 Å². The van der Waals surface area contributed by atoms with Crippen LogP contribution in [0.4, 0.5) is 0 Å². The Morgan fingerprint density at radius 1 is 0.667 bits per heavy atom. The number of hydrogen-bond acceptors (Lipinski definition) is 11. The quantitative estimate of drug-likeness (QED) is 0.269. The number of aldehydes is 1. The molecule has 0 aliphatic rings. The van der Waals surface area contributed by atoms with E-state index < -0.39 is 60.9 Å². The summed E-state index contributed by atoms with van der Waals surface area (Å²) in [6, 6.07) is 0. The molecule has 0 bridgehead atoms. The second kappa shape index (κ2) is 11.6. The molecule has 0 saturated carbocycles. The average molecular weight is 390 g/mol. The standard InChI is InChI=1S/C16H22O11/c1-8(18)23-7-14(25-10(3)20)16(27-12(5)22)15(26-11(4)21)13(6-17)24-9(2)19/h6,13-16H,7H2,1-5H3. The van der Waals surface area contributed by atoms with Crippen molar-refractivity contribution in [1.29, 1.82) is 0 Å². The van der Waals surface area contributed by atoms with Crippen LogP contribution in [-0.4, -0.2) is 67.2 Å². The lowest BCUT2D eigenvalue weighted by atomic mass is 10.0. The average Bonchev–Trinajstić information content (AvgIpc) is 2.51. The summed E-state index contributed by atoms with van der Waals surface area (Å²) in [7, 11) is 0. The Kier molecular flexibility index (Phi) is 10.3. The van der Waals surface area contributed by atoms with Crippen molar-refractivity contribution in [3.63, 3.8) is 0 Å². The Labute approximate surface area is 155 Å². The minimum atomic E-state index is -1.67. The second-order valence-electron chi connectivity index (χ2n) is 5.31. The predicted molar refractivity (Wildman–Crippen MR) is 84.9 cm³/mol. The van der Waals surface area contributed by atoms with Gasteiger partial charge in [0.25, 0.3) is 0 Å². The molecule has 0 rings (SSSR count). The largest absolute Gasteiger partial charge is 0.462 e. The van der Waals surface area contributed by atoms with E-state index in [1.54, 1.807) is 0 Å². The zero-order chi connectivity index (χ0) is 21.1. The van der Waals surface area contributed by atoms with E-state index in [-0.39, 0.29) is 6.29 Å². The number of rotatable bonds is 10. The monoisotopic (exact) mass is 390 g/mol. The summed E-state index contributed by atoms with van der Waals surface area (Å²) in [5.74, 6) is -4.23. The van der Waals surface area contributed by atoms with E-state index in [9.17, 15) is 28.8 Å². The predicted octanol–water partition coefficient (Wildman–Crippen LogP) is -0.525. The van der Waals surface area contributed by atoms with Crippen LogP contribution >= 0.6 is 0 Å². The van der Waals surface area contributed by atoms with Crippen molar-refractivity contribution in [2.75, 3.05) is 6.61 Å². The highest BCUT2D eigenvalue weighted by molar-refractivity contribution is 5.72. The Balaban J connectivity index is 6.00. The van der Waals surface area contributed by atoms with Gasteiger partial charge in [0.15, 0.2) is 30.7 Å². The maximum atomic E-state index is 11.5. The molecule has 4 unspecified atom stereocenters. The van der Waals surface area contributed by atoms with Crippen LogP contribution in [0.5, 0.6) is 0 Å². The first kappa shape index (κ1) is 24.0. The maximum absolute atomic E-state index is 11.5. The van der Waals surface area contributed by atoms with Gasteiger partial charge in [0.05, 0.1) is 0 Å². The zero-order valence-electron chi connectivity index (χ0n) is 15.6. The van der Waals surface area contributed by atoms with Gasteiger partial charge in [-0.2, -0.15) is 0 Å². The molecular formula is C16H22O11. The van der Waals surface area contributed by atoms with Gasteiger partial charge in [-0.1, -0.05) is 0 Å². The molecular weight excluding hydrogens is 368 g/mol. The summed E-state index contributed by atoms with van der Waals surface area (Å²) in [6.45, 7) is 4.56. The molecule has 0 spiro atoms. The molecule has 0 N–H and O–H groups in total. The first-order valence-corrected chi connectivity index (χ1v) is 7.75. The summed E-state index contributed by atoms with van der Waals surface area (Å²) in [6.07, 6.45) is -6.23. The van der Waals surface area contributed by atoms with Gasteiger partial charge in [-0.25, -0.2) is 0 Å². The van der Waals surface area contributed by atoms with Crippen LogP contribution in [0.3, 0.4) is 0 Å². The summed E-state index contributed by atoms with van der Waals surface area (Å²) in [5, 5.41) is 0. The van der Waals surface area contributed by atoms with Crippen LogP contribution in [-0.2, 0) is 52.5 Å². The van der Waals surface area contributed by atoms with Gasteiger partial charge in [0.2, 0.25) is 0 Å². The van der Waals surface area contributed by atoms with Gasteiger partial charge in [-0.3, -0.25) is 28.8 Å². The van der Waals surface area contributed by atoms with Gasteiger partial charge < -0.3 is 23.7 Å². The van der Waals surface area contributed by atoms with Crippen LogP contribution in [0.2, 0.25) is 0 Å². The molecule has 27 heavy (non-hydrogen) atoms. The molecule has 0 fully saturated rings. The van der Waals surface area contributed by atoms with Crippen molar-refractivity contribution >= 4 is 36.1 Å². The fourth-order valence-electron chi connectivity index (χ4n) is 2.03. The van der Waals surface area contributed by atoms with Crippen molar-refractivity contribution in [2.24, 2.45) is 0 Å². The van der Waals surface area contributed by atoms with Crippen molar-refractivity contribution < 1.29 is 52.5 Å². The highest BCUT2D eigenvalue weighted by Gasteiger charge is 2.43. The van der Waals surface area contributed by atoms with E-state index >= 15 is 0 Å². The molecule has 11 heteroatoms. The minimum Gasteiger partial charge on any atom is -0.462 e. The molecule has 0 amide bonds. The van der Waals surface area contributed by atoms with E-state index in [1.165, 1.54) is 0 Å². The molecule has 0 aromatic rings. The third kappa shape index (κ3) is 9.92. The molecule has 4 atom stereocenters. The van der Waals surface area contributed by atoms with Gasteiger partial charge in [-0.05, 0) is 0 Å². The lowest BCUT2D eigenvalue weighted by molar-refractivity contribution is -0.201. The first-order valence-electron chi connectivity index (χ1n) is 7.75. The second-order valence-corrected chi connectivity index (χ2v) is 5.31. The molecule has 0 radical (unpaired) electrons. The van der Waals surface area contributed by atoms with Crippen molar-refractivity contribution in [3.8, 4) is 0 Å². The van der Waals surface area contributed by atoms with Crippen molar-refractivity contribution in [2.45, 2.75) is 59.0 Å². The highest BCUT2D eigenvalue weighted by Crippen LogP contribution is 2.19.